The maximum atomic E-state index is 14.8. The van der Waals surface area contributed by atoms with Crippen LogP contribution in [0.25, 0.3) is 0 Å². The van der Waals surface area contributed by atoms with Crippen molar-refractivity contribution in [2.75, 3.05) is 16.0 Å². The number of anilines is 3. The molecule has 3 amide bonds. The molecule has 3 aromatic rings. The van der Waals surface area contributed by atoms with Crippen molar-refractivity contribution in [1.82, 2.24) is 0 Å². The first-order valence-electron chi connectivity index (χ1n) is 11.9. The molecule has 0 bridgehead atoms. The molecule has 1 fully saturated rings. The summed E-state index contributed by atoms with van der Waals surface area (Å²) in [5, 5.41) is 4.46. The zero-order chi connectivity index (χ0) is 33.8. The molecular formula is C26H18BrCl3F9N3O3. The highest BCUT2D eigenvalue weighted by Crippen LogP contribution is 2.65. The summed E-state index contributed by atoms with van der Waals surface area (Å²) in [5.74, 6) is -13.4. The first-order chi connectivity index (χ1) is 20.6. The summed E-state index contributed by atoms with van der Waals surface area (Å²) in [6.07, 6.45) is -5.07. The molecule has 1 aliphatic carbocycles. The molecule has 1 aliphatic rings. The van der Waals surface area contributed by atoms with Crippen LogP contribution in [0.3, 0.4) is 0 Å². The smallest absolute Gasteiger partial charge is 0.326 e. The number of rotatable bonds is 7. The maximum absolute atomic E-state index is 14.8. The number of carbonyl (C=O) groups excluding carboxylic acids is 3. The first-order valence-corrected chi connectivity index (χ1v) is 13.8. The van der Waals surface area contributed by atoms with E-state index in [4.69, 9.17) is 34.8 Å². The van der Waals surface area contributed by atoms with Crippen LogP contribution in [0.4, 0.5) is 56.6 Å². The van der Waals surface area contributed by atoms with Crippen molar-refractivity contribution in [2.24, 2.45) is 5.92 Å². The molecular weight excluding hydrogens is 760 g/mol. The van der Waals surface area contributed by atoms with Crippen molar-refractivity contribution in [3.05, 3.63) is 87.4 Å². The van der Waals surface area contributed by atoms with Crippen molar-refractivity contribution < 1.29 is 58.2 Å². The van der Waals surface area contributed by atoms with E-state index in [0.29, 0.717) is 30.3 Å². The van der Waals surface area contributed by atoms with E-state index in [2.05, 4.69) is 5.32 Å². The van der Waals surface area contributed by atoms with Crippen LogP contribution in [0.1, 0.15) is 31.7 Å². The number of alkyl halides is 8. The number of hydrogen-bond donors (Lipinski definition) is 3. The molecule has 3 aromatic carbocycles. The third-order valence-corrected chi connectivity index (χ3v) is 8.05. The van der Waals surface area contributed by atoms with Gasteiger partial charge in [-0.25, -0.2) is 17.6 Å². The molecule has 0 spiro atoms. The SMILES string of the molecule is O=C(Nc1c(F)ccc(NC(=O)C(F)(F)Br)c1F)c1cc(NC(=O)[C@H]2[C@H](c3ccc(F)c(C(F)(F)F)c3)C2(Cl)Cl)cc(F)c1Cl.[HH].[HH].[HH]. The highest BCUT2D eigenvalue weighted by molar-refractivity contribution is 9.10. The van der Waals surface area contributed by atoms with Gasteiger partial charge in [0.1, 0.15) is 27.5 Å². The van der Waals surface area contributed by atoms with Crippen LogP contribution in [0.2, 0.25) is 5.02 Å². The molecule has 0 saturated heterocycles. The average molecular weight is 778 g/mol. The Hall–Kier alpha value is -3.21. The van der Waals surface area contributed by atoms with E-state index in [9.17, 15) is 53.9 Å². The van der Waals surface area contributed by atoms with Gasteiger partial charge in [0.05, 0.1) is 27.8 Å². The Bertz CT molecular complexity index is 1750. The van der Waals surface area contributed by atoms with Gasteiger partial charge in [-0.15, -0.1) is 23.2 Å². The van der Waals surface area contributed by atoms with Crippen molar-refractivity contribution in [1.29, 1.82) is 0 Å². The Balaban J connectivity index is 0.00000384. The Morgan fingerprint density at radius 3 is 2.07 bits per heavy atom. The molecule has 19 heteroatoms. The second-order valence-electron chi connectivity index (χ2n) is 9.37. The number of amides is 3. The van der Waals surface area contributed by atoms with Crippen molar-refractivity contribution in [2.45, 2.75) is 21.3 Å². The second-order valence-corrected chi connectivity index (χ2v) is 12.2. The fraction of sp³-hybridized carbons (Fsp3) is 0.192. The van der Waals surface area contributed by atoms with E-state index in [1.165, 1.54) is 5.32 Å². The molecule has 2 atom stereocenters. The van der Waals surface area contributed by atoms with Crippen LogP contribution in [-0.2, 0) is 15.8 Å². The Kier molecular flexibility index (Phi) is 9.39. The normalized spacial score (nSPS) is 17.4. The highest BCUT2D eigenvalue weighted by atomic mass is 79.9. The number of carbonyl (C=O) groups is 3. The molecule has 3 N–H and O–H groups in total. The lowest BCUT2D eigenvalue weighted by Crippen LogP contribution is -2.29. The standard InChI is InChI=1S/C26H12BrCl3F9N3O3.3H2/c27-25(35,36)23(45)41-15-4-3-13(32)20(19(15)34)42-21(43)10-6-9(7-14(33)18(10)28)40-22(44)17-16(24(17,29)30)8-1-2-12(31)11(5-8)26(37,38)39;;;/h1-7,16-17H,(H,40,44)(H,41,45)(H,42,43);3*1H/t16-,17+;;;/m0.../s1. The zero-order valence-electron chi connectivity index (χ0n) is 21.3. The van der Waals surface area contributed by atoms with Crippen LogP contribution in [0.15, 0.2) is 42.5 Å². The van der Waals surface area contributed by atoms with Crippen molar-refractivity contribution >= 4 is 85.5 Å². The predicted octanol–water partition coefficient (Wildman–Crippen LogP) is 9.36. The lowest BCUT2D eigenvalue weighted by molar-refractivity contribution is -0.140. The number of nitrogens with one attached hydrogen (secondary N) is 3. The van der Waals surface area contributed by atoms with E-state index in [-0.39, 0.29) is 9.84 Å². The minimum atomic E-state index is -5.07. The molecule has 246 valence electrons. The summed E-state index contributed by atoms with van der Waals surface area (Å²) in [5.41, 5.74) is -5.39. The average Bonchev–Trinajstić information content (AvgIpc) is 3.50. The largest absolute Gasteiger partial charge is 0.419 e. The first kappa shape index (κ1) is 34.7. The van der Waals surface area contributed by atoms with Gasteiger partial charge in [-0.2, -0.15) is 22.0 Å². The minimum Gasteiger partial charge on any atom is -0.326 e. The van der Waals surface area contributed by atoms with Crippen molar-refractivity contribution in [3.8, 4) is 0 Å². The van der Waals surface area contributed by atoms with Crippen LogP contribution in [0.5, 0.6) is 0 Å². The van der Waals surface area contributed by atoms with Gasteiger partial charge in [0.15, 0.2) is 5.82 Å². The lowest BCUT2D eigenvalue weighted by atomic mass is 10.0. The number of benzene rings is 3. The van der Waals surface area contributed by atoms with Gasteiger partial charge in [-0.05, 0) is 42.0 Å². The van der Waals surface area contributed by atoms with E-state index in [1.807, 2.05) is 0 Å². The highest BCUT2D eigenvalue weighted by Gasteiger charge is 2.67. The minimum absolute atomic E-state index is 0. The molecule has 0 heterocycles. The molecule has 1 saturated carbocycles. The molecule has 0 radical (unpaired) electrons. The fourth-order valence-electron chi connectivity index (χ4n) is 4.21. The summed E-state index contributed by atoms with van der Waals surface area (Å²) in [7, 11) is 0. The van der Waals surface area contributed by atoms with Gasteiger partial charge in [0.2, 0.25) is 5.91 Å². The summed E-state index contributed by atoms with van der Waals surface area (Å²) >= 11 is 19.9. The zero-order valence-corrected chi connectivity index (χ0v) is 25.2. The Morgan fingerprint density at radius 1 is 0.844 bits per heavy atom. The molecule has 6 nitrogen and oxygen atoms in total. The Morgan fingerprint density at radius 2 is 1.47 bits per heavy atom. The third kappa shape index (κ3) is 7.13. The van der Waals surface area contributed by atoms with E-state index >= 15 is 0 Å². The van der Waals surface area contributed by atoms with Gasteiger partial charge < -0.3 is 16.0 Å². The van der Waals surface area contributed by atoms with Crippen LogP contribution < -0.4 is 16.0 Å². The van der Waals surface area contributed by atoms with Crippen molar-refractivity contribution in [3.63, 3.8) is 0 Å². The summed E-state index contributed by atoms with van der Waals surface area (Å²) in [6, 6.07) is 4.35. The molecule has 4 rings (SSSR count). The summed E-state index contributed by atoms with van der Waals surface area (Å²) in [6.45, 7) is 0. The molecule has 0 unspecified atom stereocenters. The van der Waals surface area contributed by atoms with Gasteiger partial charge in [-0.1, -0.05) is 17.7 Å². The maximum Gasteiger partial charge on any atom is 0.419 e. The quantitative estimate of drug-likeness (QED) is 0.165. The third-order valence-electron chi connectivity index (χ3n) is 6.37. The Labute approximate surface area is 273 Å². The van der Waals surface area contributed by atoms with Crippen LogP contribution >= 0.6 is 50.7 Å². The monoisotopic (exact) mass is 775 g/mol. The van der Waals surface area contributed by atoms with Crippen LogP contribution in [-0.4, -0.2) is 26.9 Å². The number of hydrogen-bond acceptors (Lipinski definition) is 3. The van der Waals surface area contributed by atoms with E-state index in [1.54, 1.807) is 21.2 Å². The van der Waals surface area contributed by atoms with Gasteiger partial charge >= 0.3 is 16.9 Å². The predicted molar refractivity (Wildman–Crippen MR) is 155 cm³/mol. The number of halogens is 13. The lowest BCUT2D eigenvalue weighted by Gasteiger charge is -2.15. The molecule has 0 aliphatic heterocycles. The van der Waals surface area contributed by atoms with E-state index < -0.39 is 101 Å². The molecule has 45 heavy (non-hydrogen) atoms. The topological polar surface area (TPSA) is 87.3 Å². The molecule has 0 aromatic heterocycles. The van der Waals surface area contributed by atoms with E-state index in [0.717, 1.165) is 12.1 Å². The van der Waals surface area contributed by atoms with Gasteiger partial charge in [-0.3, -0.25) is 14.4 Å². The summed E-state index contributed by atoms with van der Waals surface area (Å²) in [4.78, 5) is 33.2. The second kappa shape index (κ2) is 12.2. The van der Waals surface area contributed by atoms with Gasteiger partial charge in [0, 0.05) is 31.8 Å². The fourth-order valence-corrected chi connectivity index (χ4v) is 5.33. The van der Waals surface area contributed by atoms with Crippen LogP contribution in [0, 0.1) is 29.2 Å². The summed E-state index contributed by atoms with van der Waals surface area (Å²) < 4.78 is 121. The van der Waals surface area contributed by atoms with Gasteiger partial charge in [0.25, 0.3) is 5.91 Å².